The molecule has 0 aliphatic carbocycles. The third kappa shape index (κ3) is 3.64. The van der Waals surface area contributed by atoms with Crippen LogP contribution in [0.3, 0.4) is 0 Å². The lowest BCUT2D eigenvalue weighted by atomic mass is 10.1. The molecule has 1 aromatic heterocycles. The third-order valence-corrected chi connectivity index (χ3v) is 3.72. The minimum atomic E-state index is -0.953. The molecular formula is C16H16O4S. The van der Waals surface area contributed by atoms with Crippen LogP contribution in [0, 0.1) is 0 Å². The quantitative estimate of drug-likeness (QED) is 0.825. The van der Waals surface area contributed by atoms with Crippen molar-refractivity contribution in [2.75, 3.05) is 13.7 Å². The van der Waals surface area contributed by atoms with Crippen molar-refractivity contribution in [2.24, 2.45) is 0 Å². The van der Waals surface area contributed by atoms with Crippen molar-refractivity contribution < 1.29 is 19.4 Å². The Bertz CT molecular complexity index is 644. The molecule has 0 saturated heterocycles. The highest BCUT2D eigenvalue weighted by Crippen LogP contribution is 2.30. The number of aliphatic carboxylic acids is 1. The molecule has 0 radical (unpaired) electrons. The van der Waals surface area contributed by atoms with Gasteiger partial charge in [0, 0.05) is 4.88 Å². The number of carbonyl (C=O) groups is 1. The number of methoxy groups -OCH3 is 1. The molecule has 0 aliphatic heterocycles. The van der Waals surface area contributed by atoms with Crippen molar-refractivity contribution in [3.63, 3.8) is 0 Å². The molecule has 0 spiro atoms. The van der Waals surface area contributed by atoms with Crippen molar-refractivity contribution in [1.29, 1.82) is 0 Å². The van der Waals surface area contributed by atoms with E-state index in [1.54, 1.807) is 37.5 Å². The van der Waals surface area contributed by atoms with Crippen LogP contribution in [0.2, 0.25) is 0 Å². The summed E-state index contributed by atoms with van der Waals surface area (Å²) in [4.78, 5) is 12.1. The van der Waals surface area contributed by atoms with E-state index in [4.69, 9.17) is 9.47 Å². The molecule has 21 heavy (non-hydrogen) atoms. The second-order valence-electron chi connectivity index (χ2n) is 4.18. The van der Waals surface area contributed by atoms with E-state index in [1.165, 1.54) is 11.3 Å². The lowest BCUT2D eigenvalue weighted by Gasteiger charge is -2.10. The van der Waals surface area contributed by atoms with Crippen LogP contribution in [0.1, 0.15) is 17.4 Å². The maximum atomic E-state index is 11.4. The van der Waals surface area contributed by atoms with Gasteiger partial charge in [0.1, 0.15) is 0 Å². The standard InChI is InChI=1S/C16H16O4S/c1-3-20-14-10-11(6-7-13(14)19-2)9-12(16(17)18)15-5-4-8-21-15/h4-10H,3H2,1-2H3,(H,17,18)/b12-9-. The predicted octanol–water partition coefficient (Wildman–Crippen LogP) is 3.78. The third-order valence-electron chi connectivity index (χ3n) is 2.82. The normalized spacial score (nSPS) is 11.2. The number of thiophene rings is 1. The number of rotatable bonds is 6. The Kier molecular flexibility index (Phi) is 5.00. The Morgan fingerprint density at radius 2 is 2.14 bits per heavy atom. The van der Waals surface area contributed by atoms with Gasteiger partial charge in [0.25, 0.3) is 0 Å². The second kappa shape index (κ2) is 6.95. The van der Waals surface area contributed by atoms with Crippen molar-refractivity contribution in [3.8, 4) is 11.5 Å². The lowest BCUT2D eigenvalue weighted by molar-refractivity contribution is -0.130. The van der Waals surface area contributed by atoms with Gasteiger partial charge in [0.2, 0.25) is 0 Å². The molecule has 1 aromatic carbocycles. The summed E-state index contributed by atoms with van der Waals surface area (Å²) in [6.07, 6.45) is 1.64. The highest BCUT2D eigenvalue weighted by molar-refractivity contribution is 7.11. The van der Waals surface area contributed by atoms with E-state index in [0.29, 0.717) is 18.1 Å². The van der Waals surface area contributed by atoms with Gasteiger partial charge in [-0.2, -0.15) is 0 Å². The van der Waals surface area contributed by atoms with Crippen LogP contribution in [0.4, 0.5) is 0 Å². The Balaban J connectivity index is 2.42. The molecule has 0 fully saturated rings. The number of carboxylic acid groups (broad SMARTS) is 1. The van der Waals surface area contributed by atoms with Gasteiger partial charge in [0.15, 0.2) is 11.5 Å². The number of benzene rings is 1. The van der Waals surface area contributed by atoms with Crippen LogP contribution in [-0.4, -0.2) is 24.8 Å². The fourth-order valence-corrected chi connectivity index (χ4v) is 2.62. The summed E-state index contributed by atoms with van der Waals surface area (Å²) in [6.45, 7) is 2.40. The highest BCUT2D eigenvalue weighted by atomic mass is 32.1. The summed E-state index contributed by atoms with van der Waals surface area (Å²) in [6, 6.07) is 8.97. The zero-order valence-corrected chi connectivity index (χ0v) is 12.6. The maximum absolute atomic E-state index is 11.4. The average molecular weight is 304 g/mol. The van der Waals surface area contributed by atoms with Gasteiger partial charge in [0.05, 0.1) is 19.3 Å². The van der Waals surface area contributed by atoms with Gasteiger partial charge in [-0.3, -0.25) is 0 Å². The molecule has 2 aromatic rings. The first-order valence-electron chi connectivity index (χ1n) is 6.45. The van der Waals surface area contributed by atoms with Crippen LogP contribution >= 0.6 is 11.3 Å². The Morgan fingerprint density at radius 3 is 2.71 bits per heavy atom. The van der Waals surface area contributed by atoms with Crippen molar-refractivity contribution in [1.82, 2.24) is 0 Å². The fourth-order valence-electron chi connectivity index (χ4n) is 1.89. The van der Waals surface area contributed by atoms with Gasteiger partial charge in [-0.25, -0.2) is 4.79 Å². The van der Waals surface area contributed by atoms with Crippen LogP contribution in [-0.2, 0) is 4.79 Å². The van der Waals surface area contributed by atoms with Crippen LogP contribution in [0.25, 0.3) is 11.6 Å². The molecule has 0 atom stereocenters. The molecule has 1 N–H and O–H groups in total. The highest BCUT2D eigenvalue weighted by Gasteiger charge is 2.12. The second-order valence-corrected chi connectivity index (χ2v) is 5.13. The summed E-state index contributed by atoms with van der Waals surface area (Å²) in [5.41, 5.74) is 1.02. The molecule has 0 amide bonds. The topological polar surface area (TPSA) is 55.8 Å². The summed E-state index contributed by atoms with van der Waals surface area (Å²) in [5.74, 6) is 0.276. The smallest absolute Gasteiger partial charge is 0.337 e. The Morgan fingerprint density at radius 1 is 1.33 bits per heavy atom. The molecule has 110 valence electrons. The van der Waals surface area contributed by atoms with E-state index in [1.807, 2.05) is 18.4 Å². The SMILES string of the molecule is CCOc1cc(/C=C(\C(=O)O)c2cccs2)ccc1OC. The lowest BCUT2D eigenvalue weighted by Crippen LogP contribution is -1.98. The zero-order valence-electron chi connectivity index (χ0n) is 11.8. The van der Waals surface area contributed by atoms with Crippen LogP contribution in [0.5, 0.6) is 11.5 Å². The van der Waals surface area contributed by atoms with E-state index in [2.05, 4.69) is 0 Å². The summed E-state index contributed by atoms with van der Waals surface area (Å²) in [7, 11) is 1.57. The Labute approximate surface area is 127 Å². The Hall–Kier alpha value is -2.27. The van der Waals surface area contributed by atoms with E-state index in [0.717, 1.165) is 10.4 Å². The molecule has 0 saturated carbocycles. The number of hydrogen-bond acceptors (Lipinski definition) is 4. The molecule has 0 unspecified atom stereocenters. The van der Waals surface area contributed by atoms with Gasteiger partial charge in [-0.05, 0) is 42.1 Å². The molecular weight excluding hydrogens is 288 g/mol. The first-order valence-corrected chi connectivity index (χ1v) is 7.33. The minimum Gasteiger partial charge on any atom is -0.493 e. The zero-order chi connectivity index (χ0) is 15.2. The van der Waals surface area contributed by atoms with Crippen LogP contribution in [0.15, 0.2) is 35.7 Å². The summed E-state index contributed by atoms with van der Waals surface area (Å²) in [5, 5.41) is 11.2. The van der Waals surface area contributed by atoms with Gasteiger partial charge in [-0.1, -0.05) is 12.1 Å². The summed E-state index contributed by atoms with van der Waals surface area (Å²) < 4.78 is 10.7. The minimum absolute atomic E-state index is 0.262. The number of ether oxygens (including phenoxy) is 2. The molecule has 2 rings (SSSR count). The maximum Gasteiger partial charge on any atom is 0.337 e. The van der Waals surface area contributed by atoms with E-state index >= 15 is 0 Å². The fraction of sp³-hybridized carbons (Fsp3) is 0.188. The monoisotopic (exact) mass is 304 g/mol. The molecule has 0 bridgehead atoms. The molecule has 1 heterocycles. The van der Waals surface area contributed by atoms with Crippen molar-refractivity contribution in [3.05, 3.63) is 46.2 Å². The molecule has 0 aliphatic rings. The van der Waals surface area contributed by atoms with Crippen LogP contribution < -0.4 is 9.47 Å². The number of hydrogen-bond donors (Lipinski definition) is 1. The van der Waals surface area contributed by atoms with Crippen molar-refractivity contribution in [2.45, 2.75) is 6.92 Å². The first kappa shape index (κ1) is 15.1. The van der Waals surface area contributed by atoms with Gasteiger partial charge >= 0.3 is 5.97 Å². The largest absolute Gasteiger partial charge is 0.493 e. The van der Waals surface area contributed by atoms with E-state index in [-0.39, 0.29) is 5.57 Å². The number of carboxylic acids is 1. The van der Waals surface area contributed by atoms with Gasteiger partial charge in [-0.15, -0.1) is 11.3 Å². The van der Waals surface area contributed by atoms with Crippen molar-refractivity contribution >= 4 is 29.0 Å². The predicted molar refractivity (Wildman–Crippen MR) is 84.0 cm³/mol. The first-order chi connectivity index (χ1) is 10.2. The molecule has 4 nitrogen and oxygen atoms in total. The average Bonchev–Trinajstić information content (AvgIpc) is 2.99. The van der Waals surface area contributed by atoms with E-state index < -0.39 is 5.97 Å². The van der Waals surface area contributed by atoms with E-state index in [9.17, 15) is 9.90 Å². The summed E-state index contributed by atoms with van der Waals surface area (Å²) >= 11 is 1.40. The molecule has 5 heteroatoms. The van der Waals surface area contributed by atoms with Gasteiger partial charge < -0.3 is 14.6 Å².